The van der Waals surface area contributed by atoms with Gasteiger partial charge in [0, 0.05) is 12.8 Å². The third-order valence-electron chi connectivity index (χ3n) is 14.8. The number of ether oxygens (including phenoxy) is 1. The van der Waals surface area contributed by atoms with E-state index >= 15 is 0 Å². The van der Waals surface area contributed by atoms with Gasteiger partial charge in [0.2, 0.25) is 5.91 Å². The fourth-order valence-corrected chi connectivity index (χ4v) is 9.99. The predicted molar refractivity (Wildman–Crippen MR) is 301 cm³/mol. The lowest BCUT2D eigenvalue weighted by molar-refractivity contribution is -0.143. The predicted octanol–water partition coefficient (Wildman–Crippen LogP) is 19.6. The molecular formula is C63H123NO5. The average molecular weight is 975 g/mol. The fourth-order valence-electron chi connectivity index (χ4n) is 9.99. The van der Waals surface area contributed by atoms with Gasteiger partial charge in [-0.2, -0.15) is 0 Å². The van der Waals surface area contributed by atoms with Crippen LogP contribution in [0, 0.1) is 0 Å². The zero-order chi connectivity index (χ0) is 50.0. The van der Waals surface area contributed by atoms with Crippen molar-refractivity contribution in [2.75, 3.05) is 13.2 Å². The van der Waals surface area contributed by atoms with E-state index in [4.69, 9.17) is 4.74 Å². The molecule has 1 amide bonds. The highest BCUT2D eigenvalue weighted by atomic mass is 16.5. The summed E-state index contributed by atoms with van der Waals surface area (Å²) in [6.07, 6.45) is 70.8. The molecule has 0 aromatic carbocycles. The molecule has 0 aliphatic rings. The summed E-state index contributed by atoms with van der Waals surface area (Å²) >= 11 is 0. The van der Waals surface area contributed by atoms with E-state index in [1.807, 2.05) is 0 Å². The van der Waals surface area contributed by atoms with Crippen LogP contribution in [-0.4, -0.2) is 47.4 Å². The summed E-state index contributed by atoms with van der Waals surface area (Å²) in [5.41, 5.74) is 0. The number of hydrogen-bond acceptors (Lipinski definition) is 5. The Balaban J connectivity index is 3.34. The van der Waals surface area contributed by atoms with Crippen LogP contribution in [0.25, 0.3) is 0 Å². The van der Waals surface area contributed by atoms with Crippen molar-refractivity contribution in [2.24, 2.45) is 0 Å². The number of carbonyl (C=O) groups is 2. The van der Waals surface area contributed by atoms with Gasteiger partial charge in [-0.3, -0.25) is 9.59 Å². The van der Waals surface area contributed by atoms with Gasteiger partial charge in [0.1, 0.15) is 0 Å². The van der Waals surface area contributed by atoms with Gasteiger partial charge in [-0.1, -0.05) is 302 Å². The molecule has 6 nitrogen and oxygen atoms in total. The van der Waals surface area contributed by atoms with Crippen molar-refractivity contribution < 1.29 is 24.5 Å². The second-order valence-corrected chi connectivity index (χ2v) is 21.7. The molecule has 0 aromatic heterocycles. The highest BCUT2D eigenvalue weighted by molar-refractivity contribution is 5.76. The Morgan fingerprint density at radius 3 is 1.03 bits per heavy atom. The minimum atomic E-state index is -0.662. The van der Waals surface area contributed by atoms with Crippen LogP contribution in [0.15, 0.2) is 12.2 Å². The smallest absolute Gasteiger partial charge is 0.305 e. The zero-order valence-electron chi connectivity index (χ0n) is 46.8. The maximum absolute atomic E-state index is 12.5. The number of nitrogens with one attached hydrogen (secondary N) is 1. The first kappa shape index (κ1) is 67.6. The Bertz CT molecular complexity index is 1030. The average Bonchev–Trinajstić information content (AvgIpc) is 3.35. The van der Waals surface area contributed by atoms with Gasteiger partial charge < -0.3 is 20.3 Å². The quantitative estimate of drug-likeness (QED) is 0.0321. The first-order chi connectivity index (χ1) is 34.0. The number of aliphatic hydroxyl groups excluding tert-OH is 2. The number of esters is 1. The molecule has 0 aliphatic heterocycles. The molecule has 69 heavy (non-hydrogen) atoms. The number of aliphatic hydroxyl groups is 2. The maximum Gasteiger partial charge on any atom is 0.305 e. The molecule has 6 heteroatoms. The Labute approximate surface area is 431 Å². The van der Waals surface area contributed by atoms with Crippen molar-refractivity contribution in [3.8, 4) is 0 Å². The molecule has 0 saturated carbocycles. The highest BCUT2D eigenvalue weighted by Gasteiger charge is 2.20. The molecule has 0 aliphatic carbocycles. The minimum absolute atomic E-state index is 0.0117. The lowest BCUT2D eigenvalue weighted by Gasteiger charge is -2.22. The molecule has 0 heterocycles. The number of hydrogen-bond donors (Lipinski definition) is 3. The third-order valence-corrected chi connectivity index (χ3v) is 14.8. The van der Waals surface area contributed by atoms with Crippen LogP contribution < -0.4 is 5.32 Å². The molecule has 0 bridgehead atoms. The molecule has 2 atom stereocenters. The fraction of sp³-hybridized carbons (Fsp3) is 0.937. The molecule has 410 valence electrons. The summed E-state index contributed by atoms with van der Waals surface area (Å²) in [4.78, 5) is 24.5. The second-order valence-electron chi connectivity index (χ2n) is 21.7. The van der Waals surface area contributed by atoms with E-state index in [1.54, 1.807) is 0 Å². The lowest BCUT2D eigenvalue weighted by Crippen LogP contribution is -2.45. The molecule has 0 fully saturated rings. The SMILES string of the molecule is CCCCCCCC/C=C\CCCCCCCCCC(=O)OCCCCCCCCCCCCCCCCCCCCCCCCCC(=O)NC(CO)C(O)CCCCCCCCCCCCCC. The van der Waals surface area contributed by atoms with Crippen molar-refractivity contribution in [2.45, 2.75) is 366 Å². The third kappa shape index (κ3) is 55.8. The van der Waals surface area contributed by atoms with Crippen LogP contribution in [0.3, 0.4) is 0 Å². The molecule has 0 saturated heterocycles. The van der Waals surface area contributed by atoms with Gasteiger partial charge >= 0.3 is 5.97 Å². The van der Waals surface area contributed by atoms with Gasteiger partial charge in [-0.25, -0.2) is 0 Å². The van der Waals surface area contributed by atoms with Gasteiger partial charge in [0.05, 0.1) is 25.4 Å². The summed E-state index contributed by atoms with van der Waals surface area (Å²) < 4.78 is 5.49. The molecule has 0 radical (unpaired) electrons. The molecule has 3 N–H and O–H groups in total. The topological polar surface area (TPSA) is 95.9 Å². The lowest BCUT2D eigenvalue weighted by atomic mass is 10.0. The number of rotatable bonds is 59. The highest BCUT2D eigenvalue weighted by Crippen LogP contribution is 2.18. The van der Waals surface area contributed by atoms with E-state index in [-0.39, 0.29) is 18.5 Å². The zero-order valence-corrected chi connectivity index (χ0v) is 46.8. The number of allylic oxidation sites excluding steroid dienone is 2. The Morgan fingerprint density at radius 1 is 0.391 bits per heavy atom. The minimum Gasteiger partial charge on any atom is -0.466 e. The second kappa shape index (κ2) is 59.2. The molecule has 0 aromatic rings. The van der Waals surface area contributed by atoms with Gasteiger partial charge in [-0.15, -0.1) is 0 Å². The molecular weight excluding hydrogens is 851 g/mol. The first-order valence-corrected chi connectivity index (χ1v) is 31.4. The van der Waals surface area contributed by atoms with E-state index in [1.165, 1.54) is 276 Å². The largest absolute Gasteiger partial charge is 0.466 e. The van der Waals surface area contributed by atoms with Crippen molar-refractivity contribution in [3.05, 3.63) is 12.2 Å². The maximum atomic E-state index is 12.5. The van der Waals surface area contributed by atoms with Crippen molar-refractivity contribution in [3.63, 3.8) is 0 Å². The summed E-state index contributed by atoms with van der Waals surface area (Å²) in [5, 5.41) is 23.2. The number of carbonyl (C=O) groups excluding carboxylic acids is 2. The monoisotopic (exact) mass is 974 g/mol. The van der Waals surface area contributed by atoms with E-state index in [9.17, 15) is 19.8 Å². The van der Waals surface area contributed by atoms with Crippen LogP contribution in [0.4, 0.5) is 0 Å². The summed E-state index contributed by atoms with van der Waals surface area (Å²) in [6.45, 7) is 4.96. The Morgan fingerprint density at radius 2 is 0.681 bits per heavy atom. The number of amides is 1. The van der Waals surface area contributed by atoms with E-state index in [0.717, 1.165) is 44.9 Å². The van der Waals surface area contributed by atoms with Crippen LogP contribution in [0.5, 0.6) is 0 Å². The van der Waals surface area contributed by atoms with E-state index in [0.29, 0.717) is 25.9 Å². The van der Waals surface area contributed by atoms with Crippen LogP contribution in [0.2, 0.25) is 0 Å². The van der Waals surface area contributed by atoms with Crippen molar-refractivity contribution in [1.82, 2.24) is 5.32 Å². The van der Waals surface area contributed by atoms with Crippen LogP contribution in [0.1, 0.15) is 354 Å². The van der Waals surface area contributed by atoms with Crippen LogP contribution >= 0.6 is 0 Å². The molecule has 2 unspecified atom stereocenters. The van der Waals surface area contributed by atoms with E-state index in [2.05, 4.69) is 31.3 Å². The van der Waals surface area contributed by atoms with Crippen molar-refractivity contribution in [1.29, 1.82) is 0 Å². The van der Waals surface area contributed by atoms with Gasteiger partial charge in [0.25, 0.3) is 0 Å². The summed E-state index contributed by atoms with van der Waals surface area (Å²) in [6, 6.07) is -0.539. The molecule has 0 spiro atoms. The Hall–Kier alpha value is -1.40. The Kier molecular flexibility index (Phi) is 58.0. The van der Waals surface area contributed by atoms with Crippen LogP contribution in [-0.2, 0) is 14.3 Å². The summed E-state index contributed by atoms with van der Waals surface area (Å²) in [7, 11) is 0. The van der Waals surface area contributed by atoms with Gasteiger partial charge in [-0.05, 0) is 51.4 Å². The molecule has 0 rings (SSSR count). The van der Waals surface area contributed by atoms with Crippen molar-refractivity contribution >= 4 is 11.9 Å². The summed E-state index contributed by atoms with van der Waals surface area (Å²) in [5.74, 6) is -0.0215. The van der Waals surface area contributed by atoms with E-state index < -0.39 is 12.1 Å². The standard InChI is InChI=1S/C63H123NO5/c1-3-5-7-9-11-13-15-17-18-26-30-33-37-41-45-49-53-57-63(68)69-58-54-50-46-42-38-34-31-28-25-23-21-19-20-22-24-27-29-32-36-40-44-48-52-56-62(67)64-60(59-65)61(66)55-51-47-43-39-35-16-14-12-10-8-6-4-2/h17-18,60-61,65-66H,3-16,19-59H2,1-2H3,(H,64,67)/b18-17-. The first-order valence-electron chi connectivity index (χ1n) is 31.4. The normalized spacial score (nSPS) is 12.6. The van der Waals surface area contributed by atoms with Gasteiger partial charge in [0.15, 0.2) is 0 Å². The number of unbranched alkanes of at least 4 members (excludes halogenated alkanes) is 46.